The van der Waals surface area contributed by atoms with Crippen LogP contribution in [0.3, 0.4) is 0 Å². The van der Waals surface area contributed by atoms with E-state index in [0.29, 0.717) is 5.02 Å². The summed E-state index contributed by atoms with van der Waals surface area (Å²) in [5.41, 5.74) is -0.148. The van der Waals surface area contributed by atoms with Crippen molar-refractivity contribution in [2.24, 2.45) is 5.41 Å². The first-order valence-corrected chi connectivity index (χ1v) is 5.59. The van der Waals surface area contributed by atoms with Gasteiger partial charge in [0.1, 0.15) is 6.07 Å². The molecule has 1 atom stereocenters. The van der Waals surface area contributed by atoms with Crippen LogP contribution in [0.4, 0.5) is 0 Å². The second-order valence-electron chi connectivity index (χ2n) is 4.76. The molecule has 0 aromatic heterocycles. The summed E-state index contributed by atoms with van der Waals surface area (Å²) >= 11 is 5.88. The van der Waals surface area contributed by atoms with E-state index >= 15 is 0 Å². The normalized spacial score (nSPS) is 12.6. The Morgan fingerprint density at radius 3 is 2.47 bits per heavy atom. The Balaban J connectivity index is 2.87. The smallest absolute Gasteiger partial charge is 0.340 e. The molecule has 1 aromatic carbocycles. The summed E-state index contributed by atoms with van der Waals surface area (Å²) in [6.07, 6.45) is -0.800. The van der Waals surface area contributed by atoms with Crippen molar-refractivity contribution in [3.63, 3.8) is 0 Å². The van der Waals surface area contributed by atoms with Gasteiger partial charge in [0.05, 0.1) is 10.6 Å². The highest BCUT2D eigenvalue weighted by atomic mass is 35.5. The van der Waals surface area contributed by atoms with Crippen LogP contribution in [-0.4, -0.2) is 12.1 Å². The van der Waals surface area contributed by atoms with Crippen molar-refractivity contribution < 1.29 is 9.53 Å². The van der Waals surface area contributed by atoms with Gasteiger partial charge in [0.2, 0.25) is 0 Å². The van der Waals surface area contributed by atoms with E-state index in [2.05, 4.69) is 0 Å². The van der Waals surface area contributed by atoms with Gasteiger partial charge >= 0.3 is 5.97 Å². The van der Waals surface area contributed by atoms with Gasteiger partial charge in [0, 0.05) is 5.41 Å². The standard InChI is InChI=1S/C13H14ClNO2/c1-13(2,3)11(8-15)17-12(16)9-6-4-5-7-10(9)14/h4-7,11H,1-3H3. The van der Waals surface area contributed by atoms with E-state index in [1.807, 2.05) is 26.8 Å². The minimum Gasteiger partial charge on any atom is -0.443 e. The number of carbonyl (C=O) groups excluding carboxylic acids is 1. The van der Waals surface area contributed by atoms with Crippen LogP contribution in [0.15, 0.2) is 24.3 Å². The number of carbonyl (C=O) groups is 1. The third-order valence-corrected chi connectivity index (χ3v) is 2.55. The molecular formula is C13H14ClNO2. The number of nitriles is 1. The molecule has 0 bridgehead atoms. The minimum absolute atomic E-state index is 0.277. The number of halogens is 1. The van der Waals surface area contributed by atoms with Crippen LogP contribution in [0.2, 0.25) is 5.02 Å². The van der Waals surface area contributed by atoms with Crippen molar-refractivity contribution in [1.82, 2.24) is 0 Å². The minimum atomic E-state index is -0.800. The zero-order valence-corrected chi connectivity index (χ0v) is 10.8. The van der Waals surface area contributed by atoms with Gasteiger partial charge in [-0.05, 0) is 12.1 Å². The number of hydrogen-bond donors (Lipinski definition) is 0. The number of nitrogens with zero attached hydrogens (tertiary/aromatic N) is 1. The van der Waals surface area contributed by atoms with Gasteiger partial charge in [0.15, 0.2) is 6.10 Å². The summed E-state index contributed by atoms with van der Waals surface area (Å²) < 4.78 is 5.15. The van der Waals surface area contributed by atoms with Gasteiger partial charge < -0.3 is 4.74 Å². The fraction of sp³-hybridized carbons (Fsp3) is 0.385. The maximum absolute atomic E-state index is 11.8. The van der Waals surface area contributed by atoms with Crippen LogP contribution >= 0.6 is 11.6 Å². The molecule has 0 heterocycles. The van der Waals surface area contributed by atoms with E-state index in [0.717, 1.165) is 0 Å². The molecule has 1 rings (SSSR count). The molecule has 0 saturated heterocycles. The highest BCUT2D eigenvalue weighted by Crippen LogP contribution is 2.24. The third kappa shape index (κ3) is 3.47. The fourth-order valence-electron chi connectivity index (χ4n) is 1.19. The molecule has 0 aliphatic carbocycles. The highest BCUT2D eigenvalue weighted by Gasteiger charge is 2.29. The Morgan fingerprint density at radius 2 is 2.00 bits per heavy atom. The maximum Gasteiger partial charge on any atom is 0.340 e. The van der Waals surface area contributed by atoms with Crippen LogP contribution in [0.25, 0.3) is 0 Å². The maximum atomic E-state index is 11.8. The lowest BCUT2D eigenvalue weighted by atomic mass is 9.90. The zero-order chi connectivity index (χ0) is 13.1. The molecule has 0 aliphatic heterocycles. The van der Waals surface area contributed by atoms with Gasteiger partial charge in [0.25, 0.3) is 0 Å². The second kappa shape index (κ2) is 5.20. The van der Waals surface area contributed by atoms with Crippen LogP contribution in [0, 0.1) is 16.7 Å². The van der Waals surface area contributed by atoms with E-state index in [1.54, 1.807) is 24.3 Å². The predicted molar refractivity (Wildman–Crippen MR) is 65.7 cm³/mol. The number of rotatable bonds is 2. The van der Waals surface area contributed by atoms with Crippen molar-refractivity contribution >= 4 is 17.6 Å². The highest BCUT2D eigenvalue weighted by molar-refractivity contribution is 6.33. The summed E-state index contributed by atoms with van der Waals surface area (Å²) in [4.78, 5) is 11.8. The van der Waals surface area contributed by atoms with Crippen molar-refractivity contribution in [3.8, 4) is 6.07 Å². The van der Waals surface area contributed by atoms with E-state index in [9.17, 15) is 4.79 Å². The van der Waals surface area contributed by atoms with Crippen molar-refractivity contribution in [1.29, 1.82) is 5.26 Å². The molecule has 0 amide bonds. The average molecular weight is 252 g/mol. The van der Waals surface area contributed by atoms with Crippen molar-refractivity contribution in [3.05, 3.63) is 34.9 Å². The predicted octanol–water partition coefficient (Wildman–Crippen LogP) is 3.44. The molecule has 90 valence electrons. The van der Waals surface area contributed by atoms with Gasteiger partial charge in [-0.1, -0.05) is 44.5 Å². The van der Waals surface area contributed by atoms with Gasteiger partial charge in [-0.15, -0.1) is 0 Å². The number of benzene rings is 1. The Hall–Kier alpha value is -1.53. The number of hydrogen-bond acceptors (Lipinski definition) is 3. The Bertz CT molecular complexity index is 457. The van der Waals surface area contributed by atoms with Crippen molar-refractivity contribution in [2.45, 2.75) is 26.9 Å². The SMILES string of the molecule is CC(C)(C)C(C#N)OC(=O)c1ccccc1Cl. The molecular weight excluding hydrogens is 238 g/mol. The summed E-state index contributed by atoms with van der Waals surface area (Å²) in [5, 5.41) is 9.29. The van der Waals surface area contributed by atoms with Crippen LogP contribution in [-0.2, 0) is 4.74 Å². The van der Waals surface area contributed by atoms with Crippen molar-refractivity contribution in [2.75, 3.05) is 0 Å². The lowest BCUT2D eigenvalue weighted by molar-refractivity contribution is 0.0173. The van der Waals surface area contributed by atoms with E-state index < -0.39 is 17.5 Å². The Morgan fingerprint density at radius 1 is 1.41 bits per heavy atom. The molecule has 1 aromatic rings. The first-order valence-electron chi connectivity index (χ1n) is 5.21. The zero-order valence-electron chi connectivity index (χ0n) is 10.0. The summed E-state index contributed by atoms with van der Waals surface area (Å²) in [6, 6.07) is 8.58. The lowest BCUT2D eigenvalue weighted by Crippen LogP contribution is -2.30. The van der Waals surface area contributed by atoms with Crippen LogP contribution in [0.5, 0.6) is 0 Å². The Labute approximate surface area is 106 Å². The van der Waals surface area contributed by atoms with E-state index in [-0.39, 0.29) is 5.56 Å². The number of esters is 1. The quantitative estimate of drug-likeness (QED) is 0.757. The average Bonchev–Trinajstić information content (AvgIpc) is 2.24. The van der Waals surface area contributed by atoms with Gasteiger partial charge in [-0.2, -0.15) is 5.26 Å². The van der Waals surface area contributed by atoms with Gasteiger partial charge in [-0.3, -0.25) is 0 Å². The molecule has 1 unspecified atom stereocenters. The van der Waals surface area contributed by atoms with Gasteiger partial charge in [-0.25, -0.2) is 4.79 Å². The fourth-order valence-corrected chi connectivity index (χ4v) is 1.41. The summed E-state index contributed by atoms with van der Waals surface area (Å²) in [7, 11) is 0. The van der Waals surface area contributed by atoms with E-state index in [4.69, 9.17) is 21.6 Å². The largest absolute Gasteiger partial charge is 0.443 e. The molecule has 17 heavy (non-hydrogen) atoms. The summed E-state index contributed by atoms with van der Waals surface area (Å²) in [5.74, 6) is -0.572. The molecule has 0 aliphatic rings. The monoisotopic (exact) mass is 251 g/mol. The first-order chi connectivity index (χ1) is 7.86. The molecule has 0 spiro atoms. The molecule has 4 heteroatoms. The van der Waals surface area contributed by atoms with Crippen LogP contribution < -0.4 is 0 Å². The second-order valence-corrected chi connectivity index (χ2v) is 5.17. The molecule has 0 N–H and O–H groups in total. The first kappa shape index (κ1) is 13.5. The summed E-state index contributed by atoms with van der Waals surface area (Å²) in [6.45, 7) is 5.50. The lowest BCUT2D eigenvalue weighted by Gasteiger charge is -2.24. The Kier molecular flexibility index (Phi) is 4.14. The molecule has 0 saturated carbocycles. The molecule has 0 fully saturated rings. The topological polar surface area (TPSA) is 50.1 Å². The van der Waals surface area contributed by atoms with Crippen LogP contribution in [0.1, 0.15) is 31.1 Å². The van der Waals surface area contributed by atoms with E-state index in [1.165, 1.54) is 0 Å². The third-order valence-electron chi connectivity index (χ3n) is 2.22. The molecule has 0 radical (unpaired) electrons. The molecule has 3 nitrogen and oxygen atoms in total. The number of ether oxygens (including phenoxy) is 1.